The Morgan fingerprint density at radius 3 is 2.58 bits per heavy atom. The van der Waals surface area contributed by atoms with E-state index in [1.807, 2.05) is 6.07 Å². The summed E-state index contributed by atoms with van der Waals surface area (Å²) in [6.45, 7) is 0.554. The lowest BCUT2D eigenvalue weighted by Gasteiger charge is -2.03. The summed E-state index contributed by atoms with van der Waals surface area (Å²) in [6.07, 6.45) is 2.57. The number of nitrogens with zero attached hydrogens (tertiary/aromatic N) is 5. The second-order valence-corrected chi connectivity index (χ2v) is 8.33. The van der Waals surface area contributed by atoms with Crippen molar-refractivity contribution in [3.8, 4) is 11.4 Å². The zero-order valence-electron chi connectivity index (χ0n) is 13.7. The monoisotopic (exact) mass is 426 g/mol. The molecular formula is C18H15BrN6S. The molecule has 0 unspecified atom stereocenters. The molecule has 26 heavy (non-hydrogen) atoms. The van der Waals surface area contributed by atoms with Gasteiger partial charge in [-0.1, -0.05) is 24.3 Å². The van der Waals surface area contributed by atoms with Crippen LogP contribution in [0.25, 0.3) is 11.4 Å². The molecule has 8 heteroatoms. The highest BCUT2D eigenvalue weighted by Crippen LogP contribution is 2.24. The largest absolute Gasteiger partial charge is 0.383 e. The summed E-state index contributed by atoms with van der Waals surface area (Å²) < 4.78 is 1.16. The number of nitrogens with two attached hydrogens (primary N) is 1. The van der Waals surface area contributed by atoms with Crippen LogP contribution >= 0.6 is 27.3 Å². The van der Waals surface area contributed by atoms with Gasteiger partial charge in [0.1, 0.15) is 5.82 Å². The van der Waals surface area contributed by atoms with Gasteiger partial charge in [0.25, 0.3) is 0 Å². The average molecular weight is 427 g/mol. The molecule has 0 saturated carbocycles. The predicted molar refractivity (Wildman–Crippen MR) is 106 cm³/mol. The second-order valence-electron chi connectivity index (χ2n) is 5.78. The SMILES string of the molecule is Nc1ncccc1-c1nnn(Cc2ccc(Cc3ccc(Br)s3)cc2)n1. The molecule has 0 saturated heterocycles. The zero-order chi connectivity index (χ0) is 17.9. The van der Waals surface area contributed by atoms with E-state index in [1.165, 1.54) is 10.4 Å². The van der Waals surface area contributed by atoms with E-state index in [0.29, 0.717) is 23.8 Å². The second kappa shape index (κ2) is 7.35. The number of anilines is 1. The van der Waals surface area contributed by atoms with E-state index >= 15 is 0 Å². The fourth-order valence-electron chi connectivity index (χ4n) is 2.60. The van der Waals surface area contributed by atoms with Gasteiger partial charge in [-0.15, -0.1) is 21.5 Å². The van der Waals surface area contributed by atoms with Gasteiger partial charge in [-0.05, 0) is 56.5 Å². The topological polar surface area (TPSA) is 82.5 Å². The Kier molecular flexibility index (Phi) is 4.77. The number of tetrazole rings is 1. The lowest BCUT2D eigenvalue weighted by atomic mass is 10.1. The van der Waals surface area contributed by atoms with E-state index in [2.05, 4.69) is 72.7 Å². The van der Waals surface area contributed by atoms with Crippen molar-refractivity contribution in [2.45, 2.75) is 13.0 Å². The molecule has 1 aromatic carbocycles. The highest BCUT2D eigenvalue weighted by atomic mass is 79.9. The molecule has 130 valence electrons. The number of pyridine rings is 1. The van der Waals surface area contributed by atoms with Crippen LogP contribution in [0.1, 0.15) is 16.0 Å². The van der Waals surface area contributed by atoms with Gasteiger partial charge in [-0.3, -0.25) is 0 Å². The quantitative estimate of drug-likeness (QED) is 0.524. The Morgan fingerprint density at radius 2 is 1.85 bits per heavy atom. The van der Waals surface area contributed by atoms with Crippen molar-refractivity contribution in [2.24, 2.45) is 0 Å². The van der Waals surface area contributed by atoms with E-state index in [0.717, 1.165) is 15.8 Å². The first-order valence-electron chi connectivity index (χ1n) is 7.98. The summed E-state index contributed by atoms with van der Waals surface area (Å²) >= 11 is 5.26. The number of rotatable bonds is 5. The smallest absolute Gasteiger partial charge is 0.208 e. The van der Waals surface area contributed by atoms with E-state index in [1.54, 1.807) is 28.4 Å². The van der Waals surface area contributed by atoms with Gasteiger partial charge in [0.2, 0.25) is 5.82 Å². The van der Waals surface area contributed by atoms with Gasteiger partial charge in [0, 0.05) is 17.5 Å². The van der Waals surface area contributed by atoms with Gasteiger partial charge in [0.05, 0.1) is 15.9 Å². The van der Waals surface area contributed by atoms with Crippen molar-refractivity contribution in [3.05, 3.63) is 74.5 Å². The first kappa shape index (κ1) is 16.9. The van der Waals surface area contributed by atoms with E-state index in [9.17, 15) is 0 Å². The van der Waals surface area contributed by atoms with Gasteiger partial charge < -0.3 is 5.73 Å². The number of aromatic nitrogens is 5. The maximum Gasteiger partial charge on any atom is 0.208 e. The lowest BCUT2D eigenvalue weighted by Crippen LogP contribution is -2.04. The molecule has 0 spiro atoms. The normalized spacial score (nSPS) is 11.0. The Bertz CT molecular complexity index is 1020. The highest BCUT2D eigenvalue weighted by Gasteiger charge is 2.10. The van der Waals surface area contributed by atoms with Crippen LogP contribution in [-0.4, -0.2) is 25.2 Å². The van der Waals surface area contributed by atoms with Crippen LogP contribution in [0, 0.1) is 0 Å². The maximum atomic E-state index is 5.87. The van der Waals surface area contributed by atoms with Gasteiger partial charge in [-0.25, -0.2) is 4.98 Å². The average Bonchev–Trinajstić information content (AvgIpc) is 3.26. The minimum atomic E-state index is 0.400. The fourth-order valence-corrected chi connectivity index (χ4v) is 4.12. The summed E-state index contributed by atoms with van der Waals surface area (Å²) in [7, 11) is 0. The molecule has 0 bridgehead atoms. The number of thiophene rings is 1. The van der Waals surface area contributed by atoms with Crippen LogP contribution in [0.5, 0.6) is 0 Å². The summed E-state index contributed by atoms with van der Waals surface area (Å²) in [5.41, 5.74) is 8.95. The summed E-state index contributed by atoms with van der Waals surface area (Å²) in [5.74, 6) is 0.882. The van der Waals surface area contributed by atoms with Gasteiger partial charge in [0.15, 0.2) is 0 Å². The van der Waals surface area contributed by atoms with Crippen LogP contribution in [0.3, 0.4) is 0 Å². The molecule has 0 fully saturated rings. The summed E-state index contributed by atoms with van der Waals surface area (Å²) in [4.78, 5) is 6.95. The molecule has 0 aliphatic carbocycles. The standard InChI is InChI=1S/C18H15BrN6S/c19-16-8-7-14(26-16)10-12-3-5-13(6-4-12)11-25-23-18(22-24-25)15-2-1-9-21-17(15)20/h1-9H,10-11H2,(H2,20,21). The zero-order valence-corrected chi connectivity index (χ0v) is 16.1. The molecular weight excluding hydrogens is 412 g/mol. The predicted octanol–water partition coefficient (Wildman–Crippen LogP) is 3.78. The van der Waals surface area contributed by atoms with Crippen LogP contribution in [0.15, 0.2) is 58.5 Å². The van der Waals surface area contributed by atoms with Crippen molar-refractivity contribution in [3.63, 3.8) is 0 Å². The van der Waals surface area contributed by atoms with Crippen molar-refractivity contribution >= 4 is 33.1 Å². The number of benzene rings is 1. The number of nitrogen functional groups attached to an aromatic ring is 1. The Morgan fingerprint density at radius 1 is 1.04 bits per heavy atom. The van der Waals surface area contributed by atoms with Gasteiger partial charge in [-0.2, -0.15) is 4.80 Å². The number of hydrogen-bond acceptors (Lipinski definition) is 6. The molecule has 6 nitrogen and oxygen atoms in total. The van der Waals surface area contributed by atoms with Crippen molar-refractivity contribution in [2.75, 3.05) is 5.73 Å². The molecule has 2 N–H and O–H groups in total. The van der Waals surface area contributed by atoms with E-state index in [4.69, 9.17) is 5.73 Å². The summed E-state index contributed by atoms with van der Waals surface area (Å²) in [5, 5.41) is 12.6. The molecule has 0 amide bonds. The van der Waals surface area contributed by atoms with Crippen molar-refractivity contribution in [1.29, 1.82) is 0 Å². The minimum Gasteiger partial charge on any atom is -0.383 e. The number of hydrogen-bond donors (Lipinski definition) is 1. The molecule has 0 atom stereocenters. The third-order valence-corrected chi connectivity index (χ3v) is 5.51. The highest BCUT2D eigenvalue weighted by molar-refractivity contribution is 9.11. The first-order valence-corrected chi connectivity index (χ1v) is 9.59. The first-order chi connectivity index (χ1) is 12.7. The summed E-state index contributed by atoms with van der Waals surface area (Å²) in [6, 6.07) is 16.3. The van der Waals surface area contributed by atoms with Crippen LogP contribution < -0.4 is 5.73 Å². The Labute approximate surface area is 162 Å². The fraction of sp³-hybridized carbons (Fsp3) is 0.111. The molecule has 0 radical (unpaired) electrons. The molecule has 4 rings (SSSR count). The molecule has 0 aliphatic rings. The molecule has 3 aromatic heterocycles. The number of halogens is 1. The Balaban J connectivity index is 1.45. The molecule has 0 aliphatic heterocycles. The Hall–Kier alpha value is -2.58. The lowest BCUT2D eigenvalue weighted by molar-refractivity contribution is 0.573. The maximum absolute atomic E-state index is 5.87. The van der Waals surface area contributed by atoms with E-state index < -0.39 is 0 Å². The van der Waals surface area contributed by atoms with Gasteiger partial charge >= 0.3 is 0 Å². The van der Waals surface area contributed by atoms with Crippen LogP contribution in [0.2, 0.25) is 0 Å². The van der Waals surface area contributed by atoms with Crippen molar-refractivity contribution < 1.29 is 0 Å². The minimum absolute atomic E-state index is 0.400. The molecule has 3 heterocycles. The third kappa shape index (κ3) is 3.81. The third-order valence-electron chi connectivity index (χ3n) is 3.89. The van der Waals surface area contributed by atoms with Crippen molar-refractivity contribution in [1.82, 2.24) is 25.2 Å². The molecule has 4 aromatic rings. The van der Waals surface area contributed by atoms with E-state index in [-0.39, 0.29) is 0 Å². The van der Waals surface area contributed by atoms with Crippen LogP contribution in [0.4, 0.5) is 5.82 Å². The van der Waals surface area contributed by atoms with Crippen LogP contribution in [-0.2, 0) is 13.0 Å².